The van der Waals surface area contributed by atoms with Crippen molar-refractivity contribution < 1.29 is 9.13 Å². The van der Waals surface area contributed by atoms with Gasteiger partial charge in [0.05, 0.1) is 4.92 Å². The van der Waals surface area contributed by atoms with Crippen molar-refractivity contribution in [3.8, 4) is 0 Å². The van der Waals surface area contributed by atoms with Crippen LogP contribution in [0, 0.1) is 10.1 Å². The fourth-order valence-corrected chi connectivity index (χ4v) is 5.20. The van der Waals surface area contributed by atoms with E-state index in [0.717, 1.165) is 17.7 Å². The summed E-state index contributed by atoms with van der Waals surface area (Å²) >= 11 is 1.67. The van der Waals surface area contributed by atoms with Crippen LogP contribution in [0.5, 0.6) is 0 Å². The van der Waals surface area contributed by atoms with Crippen molar-refractivity contribution >= 4 is 28.2 Å². The number of benzene rings is 1. The van der Waals surface area contributed by atoms with Crippen LogP contribution in [0.2, 0.25) is 0 Å². The average molecular weight is 271 g/mol. The molecule has 1 saturated heterocycles. The summed E-state index contributed by atoms with van der Waals surface area (Å²) in [6.45, 7) is 1.95. The molecule has 4 nitrogen and oxygen atoms in total. The van der Waals surface area contributed by atoms with E-state index in [9.17, 15) is 14.3 Å². The minimum atomic E-state index is -0.919. The largest absolute Gasteiger partial charge is 0.269 e. The van der Waals surface area contributed by atoms with Crippen LogP contribution < -0.4 is 0 Å². The van der Waals surface area contributed by atoms with Crippen molar-refractivity contribution in [3.63, 3.8) is 0 Å². The van der Waals surface area contributed by atoms with Gasteiger partial charge in [-0.2, -0.15) is 0 Å². The highest BCUT2D eigenvalue weighted by molar-refractivity contribution is 8.12. The highest BCUT2D eigenvalue weighted by Gasteiger charge is 2.36. The van der Waals surface area contributed by atoms with Crippen molar-refractivity contribution in [2.24, 2.45) is 0 Å². The number of thioether (sulfide) groups is 1. The van der Waals surface area contributed by atoms with E-state index in [1.165, 1.54) is 12.1 Å². The minimum absolute atomic E-state index is 0.0731. The molecule has 0 radical (unpaired) electrons. The zero-order valence-corrected chi connectivity index (χ0v) is 11.1. The first kappa shape index (κ1) is 12.6. The second-order valence-corrected chi connectivity index (χ2v) is 7.69. The zero-order valence-electron chi connectivity index (χ0n) is 9.42. The first-order valence-electron chi connectivity index (χ1n) is 5.31. The van der Waals surface area contributed by atoms with Crippen LogP contribution in [0.4, 0.5) is 5.69 Å². The van der Waals surface area contributed by atoms with Crippen LogP contribution in [0.3, 0.4) is 0 Å². The maximum atomic E-state index is 12.1. The Labute approximate surface area is 106 Å². The van der Waals surface area contributed by atoms with E-state index in [2.05, 4.69) is 0 Å². The van der Waals surface area contributed by atoms with Gasteiger partial charge in [0.15, 0.2) is 0 Å². The number of hydrogen-bond donors (Lipinski definition) is 0. The van der Waals surface area contributed by atoms with Gasteiger partial charge in [-0.25, -0.2) is 0 Å². The quantitative estimate of drug-likeness (QED) is 0.613. The van der Waals surface area contributed by atoms with E-state index >= 15 is 0 Å². The molecule has 1 aliphatic rings. The minimum Gasteiger partial charge on any atom is -0.258 e. The van der Waals surface area contributed by atoms with Gasteiger partial charge in [0, 0.05) is 28.7 Å². The summed E-state index contributed by atoms with van der Waals surface area (Å²) in [5.41, 5.74) is 0.982. The van der Waals surface area contributed by atoms with Gasteiger partial charge in [-0.3, -0.25) is 14.3 Å². The van der Waals surface area contributed by atoms with Crippen molar-refractivity contribution in [2.45, 2.75) is 17.4 Å². The summed E-state index contributed by atoms with van der Waals surface area (Å²) in [5, 5.41) is 10.6. The third-order valence-electron chi connectivity index (χ3n) is 2.89. The number of nitrogens with zero attached hydrogens (tertiary/aromatic N) is 1. The van der Waals surface area contributed by atoms with Gasteiger partial charge in [0.25, 0.3) is 5.69 Å². The van der Waals surface area contributed by atoms with Crippen molar-refractivity contribution in [3.05, 3.63) is 39.9 Å². The lowest BCUT2D eigenvalue weighted by Crippen LogP contribution is -2.30. The SMILES string of the molecule is C[C@@]1(c2ccc([N+](=O)[O-])cc2)SCCCS1=O. The molecule has 1 fully saturated rings. The van der Waals surface area contributed by atoms with E-state index in [0.29, 0.717) is 5.75 Å². The molecule has 1 aliphatic heterocycles. The molecular weight excluding hydrogens is 258 g/mol. The van der Waals surface area contributed by atoms with Crippen molar-refractivity contribution in [2.75, 3.05) is 11.5 Å². The molecule has 0 bridgehead atoms. The summed E-state index contributed by atoms with van der Waals surface area (Å²) in [6.07, 6.45) is 0.972. The van der Waals surface area contributed by atoms with E-state index in [-0.39, 0.29) is 5.69 Å². The molecular formula is C11H13NO3S2. The summed E-state index contributed by atoms with van der Waals surface area (Å²) in [4.78, 5) is 10.2. The fourth-order valence-electron chi connectivity index (χ4n) is 1.82. The molecule has 1 aromatic rings. The monoisotopic (exact) mass is 271 g/mol. The second kappa shape index (κ2) is 4.78. The highest BCUT2D eigenvalue weighted by Crippen LogP contribution is 2.43. The van der Waals surface area contributed by atoms with E-state index in [4.69, 9.17) is 0 Å². The molecule has 2 rings (SSSR count). The Balaban J connectivity index is 2.32. The highest BCUT2D eigenvalue weighted by atomic mass is 32.2. The standard InChI is InChI=1S/C11H13NO3S2/c1-11(16-7-2-8-17(11)15)9-3-5-10(6-4-9)12(13)14/h3-6H,2,7-8H2,1H3/t11-,17?/m1/s1. The third kappa shape index (κ3) is 2.37. The topological polar surface area (TPSA) is 60.2 Å². The van der Waals surface area contributed by atoms with Gasteiger partial charge in [-0.05, 0) is 36.8 Å². The lowest BCUT2D eigenvalue weighted by molar-refractivity contribution is -0.384. The molecule has 6 heteroatoms. The Morgan fingerprint density at radius 3 is 2.59 bits per heavy atom. The molecule has 1 aromatic carbocycles. The molecule has 17 heavy (non-hydrogen) atoms. The van der Waals surface area contributed by atoms with Crippen LogP contribution >= 0.6 is 11.8 Å². The summed E-state index contributed by atoms with van der Waals surface area (Å²) in [6, 6.07) is 6.39. The van der Waals surface area contributed by atoms with Crippen LogP contribution in [-0.4, -0.2) is 20.6 Å². The predicted octanol–water partition coefficient (Wildman–Crippen LogP) is 2.65. The van der Waals surface area contributed by atoms with E-state index in [1.54, 1.807) is 23.9 Å². The van der Waals surface area contributed by atoms with Gasteiger partial charge >= 0.3 is 0 Å². The molecule has 0 aliphatic carbocycles. The number of hydrogen-bond acceptors (Lipinski definition) is 4. The molecule has 1 unspecified atom stereocenters. The molecule has 1 heterocycles. The fraction of sp³-hybridized carbons (Fsp3) is 0.455. The average Bonchev–Trinajstić information content (AvgIpc) is 2.33. The zero-order chi connectivity index (χ0) is 12.5. The van der Waals surface area contributed by atoms with Gasteiger partial charge < -0.3 is 0 Å². The van der Waals surface area contributed by atoms with Crippen LogP contribution in [-0.2, 0) is 14.9 Å². The first-order chi connectivity index (χ1) is 8.04. The number of non-ortho nitro benzene ring substituents is 1. The molecule has 0 amide bonds. The summed E-state index contributed by atoms with van der Waals surface area (Å²) in [7, 11) is -0.919. The van der Waals surface area contributed by atoms with Gasteiger partial charge in [-0.15, -0.1) is 11.8 Å². The van der Waals surface area contributed by atoms with Gasteiger partial charge in [-0.1, -0.05) is 0 Å². The Bertz CT molecular complexity index is 460. The van der Waals surface area contributed by atoms with Crippen LogP contribution in [0.25, 0.3) is 0 Å². The maximum absolute atomic E-state index is 12.1. The molecule has 0 aromatic heterocycles. The maximum Gasteiger partial charge on any atom is 0.269 e. The predicted molar refractivity (Wildman–Crippen MR) is 70.5 cm³/mol. The van der Waals surface area contributed by atoms with Crippen LogP contribution in [0.1, 0.15) is 18.9 Å². The summed E-state index contributed by atoms with van der Waals surface area (Å²) in [5.74, 6) is 1.69. The molecule has 0 N–H and O–H groups in total. The molecule has 0 spiro atoms. The van der Waals surface area contributed by atoms with Crippen LogP contribution in [0.15, 0.2) is 24.3 Å². The molecule has 2 atom stereocenters. The van der Waals surface area contributed by atoms with E-state index < -0.39 is 19.8 Å². The Kier molecular flexibility index (Phi) is 3.53. The summed E-state index contributed by atoms with van der Waals surface area (Å²) < 4.78 is 11.7. The lowest BCUT2D eigenvalue weighted by atomic mass is 10.1. The Morgan fingerprint density at radius 2 is 2.06 bits per heavy atom. The molecule has 0 saturated carbocycles. The number of nitro groups is 1. The Hall–Kier alpha value is -0.880. The first-order valence-corrected chi connectivity index (χ1v) is 7.62. The van der Waals surface area contributed by atoms with Crippen molar-refractivity contribution in [1.82, 2.24) is 0 Å². The van der Waals surface area contributed by atoms with Crippen molar-refractivity contribution in [1.29, 1.82) is 0 Å². The number of rotatable bonds is 2. The lowest BCUT2D eigenvalue weighted by Gasteiger charge is -2.32. The number of nitro benzene ring substituents is 1. The molecule has 92 valence electrons. The Morgan fingerprint density at radius 1 is 1.41 bits per heavy atom. The smallest absolute Gasteiger partial charge is 0.258 e. The van der Waals surface area contributed by atoms with Gasteiger partial charge in [0.2, 0.25) is 0 Å². The van der Waals surface area contributed by atoms with E-state index in [1.807, 2.05) is 6.92 Å². The second-order valence-electron chi connectivity index (χ2n) is 4.00. The van der Waals surface area contributed by atoms with Gasteiger partial charge in [0.1, 0.15) is 4.08 Å². The third-order valence-corrected chi connectivity index (χ3v) is 6.84. The normalized spacial score (nSPS) is 28.9.